The third-order valence-corrected chi connectivity index (χ3v) is 6.92. The molecular formula is C26H35N3O2. The first-order chi connectivity index (χ1) is 15.2. The van der Waals surface area contributed by atoms with Gasteiger partial charge >= 0.3 is 0 Å². The third-order valence-electron chi connectivity index (χ3n) is 6.92. The minimum absolute atomic E-state index is 0.0727. The molecule has 0 spiro atoms. The standard InChI is InChI=1S/C26H35N3O2/c30-22-14-12-21(13-15-22)24-18-27-26(23(28-24)16-19-8-6-3-7-9-19)29-25(31)17-20-10-4-1-2-5-11-20/h12-15,18-20,30H,1-11,16-17H2,(H,27,29,31). The Balaban J connectivity index is 1.51. The highest BCUT2D eigenvalue weighted by Crippen LogP contribution is 2.30. The van der Waals surface area contributed by atoms with Crippen molar-refractivity contribution in [3.05, 3.63) is 36.2 Å². The highest BCUT2D eigenvalue weighted by atomic mass is 16.3. The van der Waals surface area contributed by atoms with Gasteiger partial charge in [-0.15, -0.1) is 0 Å². The Hall–Kier alpha value is -2.43. The number of benzene rings is 1. The maximum absolute atomic E-state index is 12.8. The molecule has 1 aromatic carbocycles. The topological polar surface area (TPSA) is 75.1 Å². The minimum Gasteiger partial charge on any atom is -0.508 e. The van der Waals surface area contributed by atoms with Crippen molar-refractivity contribution >= 4 is 11.7 Å². The van der Waals surface area contributed by atoms with Gasteiger partial charge in [-0.25, -0.2) is 9.97 Å². The zero-order valence-corrected chi connectivity index (χ0v) is 18.5. The average Bonchev–Trinajstić information content (AvgIpc) is 3.05. The molecule has 31 heavy (non-hydrogen) atoms. The number of nitrogens with one attached hydrogen (secondary N) is 1. The number of phenolic OH excluding ortho intramolecular Hbond substituents is 1. The molecule has 2 N–H and O–H groups in total. The average molecular weight is 422 g/mol. The van der Waals surface area contributed by atoms with E-state index in [9.17, 15) is 9.90 Å². The number of carbonyl (C=O) groups is 1. The van der Waals surface area contributed by atoms with Crippen molar-refractivity contribution in [2.75, 3.05) is 5.32 Å². The van der Waals surface area contributed by atoms with Crippen molar-refractivity contribution in [3.8, 4) is 17.0 Å². The van der Waals surface area contributed by atoms with Crippen LogP contribution in [0, 0.1) is 11.8 Å². The van der Waals surface area contributed by atoms with Crippen LogP contribution in [0.4, 0.5) is 5.82 Å². The largest absolute Gasteiger partial charge is 0.508 e. The fourth-order valence-electron chi connectivity index (χ4n) is 5.12. The molecule has 0 radical (unpaired) electrons. The fraction of sp³-hybridized carbons (Fsp3) is 0.577. The predicted molar refractivity (Wildman–Crippen MR) is 124 cm³/mol. The van der Waals surface area contributed by atoms with E-state index in [1.165, 1.54) is 57.8 Å². The van der Waals surface area contributed by atoms with E-state index in [1.54, 1.807) is 18.3 Å². The van der Waals surface area contributed by atoms with E-state index in [4.69, 9.17) is 4.98 Å². The summed E-state index contributed by atoms with van der Waals surface area (Å²) < 4.78 is 0. The Morgan fingerprint density at radius 2 is 1.52 bits per heavy atom. The number of hydrogen-bond donors (Lipinski definition) is 2. The van der Waals surface area contributed by atoms with Crippen molar-refractivity contribution in [2.24, 2.45) is 11.8 Å². The molecular weight excluding hydrogens is 386 g/mol. The smallest absolute Gasteiger partial charge is 0.225 e. The second kappa shape index (κ2) is 10.7. The summed E-state index contributed by atoms with van der Waals surface area (Å²) in [4.78, 5) is 22.4. The van der Waals surface area contributed by atoms with Gasteiger partial charge in [-0.3, -0.25) is 4.79 Å². The number of aromatic nitrogens is 2. The van der Waals surface area contributed by atoms with Crippen LogP contribution in [0.2, 0.25) is 0 Å². The number of nitrogens with zero attached hydrogens (tertiary/aromatic N) is 2. The van der Waals surface area contributed by atoms with Gasteiger partial charge in [0.25, 0.3) is 0 Å². The quantitative estimate of drug-likeness (QED) is 0.539. The minimum atomic E-state index is 0.0727. The molecule has 0 unspecified atom stereocenters. The van der Waals surface area contributed by atoms with Crippen LogP contribution in [-0.4, -0.2) is 21.0 Å². The van der Waals surface area contributed by atoms with Gasteiger partial charge in [-0.2, -0.15) is 0 Å². The molecule has 4 rings (SSSR count). The van der Waals surface area contributed by atoms with Gasteiger partial charge in [-0.1, -0.05) is 57.8 Å². The molecule has 166 valence electrons. The molecule has 5 nitrogen and oxygen atoms in total. The van der Waals surface area contributed by atoms with Crippen molar-refractivity contribution in [3.63, 3.8) is 0 Å². The van der Waals surface area contributed by atoms with E-state index < -0.39 is 0 Å². The summed E-state index contributed by atoms with van der Waals surface area (Å²) in [7, 11) is 0. The summed E-state index contributed by atoms with van der Waals surface area (Å²) in [6.07, 6.45) is 16.9. The highest BCUT2D eigenvalue weighted by molar-refractivity contribution is 5.90. The lowest BCUT2D eigenvalue weighted by Gasteiger charge is -2.22. The Labute approximate surface area is 185 Å². The van der Waals surface area contributed by atoms with Crippen LogP contribution >= 0.6 is 0 Å². The van der Waals surface area contributed by atoms with Crippen LogP contribution in [0.15, 0.2) is 30.5 Å². The zero-order valence-electron chi connectivity index (χ0n) is 18.5. The van der Waals surface area contributed by atoms with Crippen LogP contribution < -0.4 is 5.32 Å². The van der Waals surface area contributed by atoms with Crippen LogP contribution in [0.1, 0.15) is 82.7 Å². The summed E-state index contributed by atoms with van der Waals surface area (Å²) in [6.45, 7) is 0. The Bertz CT molecular complexity index is 851. The van der Waals surface area contributed by atoms with E-state index in [0.29, 0.717) is 24.1 Å². The maximum Gasteiger partial charge on any atom is 0.225 e. The van der Waals surface area contributed by atoms with E-state index in [-0.39, 0.29) is 11.7 Å². The SMILES string of the molecule is O=C(CC1CCCCCC1)Nc1ncc(-c2ccc(O)cc2)nc1CC1CCCCC1. The van der Waals surface area contributed by atoms with Gasteiger partial charge < -0.3 is 10.4 Å². The van der Waals surface area contributed by atoms with Gasteiger partial charge in [0, 0.05) is 12.0 Å². The van der Waals surface area contributed by atoms with Crippen molar-refractivity contribution in [1.29, 1.82) is 0 Å². The van der Waals surface area contributed by atoms with Crippen molar-refractivity contribution in [2.45, 2.75) is 83.5 Å². The molecule has 0 aliphatic heterocycles. The van der Waals surface area contributed by atoms with Gasteiger partial charge in [0.1, 0.15) is 5.75 Å². The number of phenols is 1. The highest BCUT2D eigenvalue weighted by Gasteiger charge is 2.21. The van der Waals surface area contributed by atoms with Gasteiger partial charge in [-0.05, 0) is 55.4 Å². The number of carbonyl (C=O) groups excluding carboxylic acids is 1. The molecule has 1 heterocycles. The third kappa shape index (κ3) is 6.28. The molecule has 0 saturated heterocycles. The van der Waals surface area contributed by atoms with Crippen LogP contribution in [0.3, 0.4) is 0 Å². The monoisotopic (exact) mass is 421 g/mol. The van der Waals surface area contributed by atoms with Gasteiger partial charge in [0.15, 0.2) is 5.82 Å². The summed E-state index contributed by atoms with van der Waals surface area (Å²) in [5, 5.41) is 12.7. The molecule has 2 saturated carbocycles. The lowest BCUT2D eigenvalue weighted by molar-refractivity contribution is -0.117. The first kappa shape index (κ1) is 21.8. The molecule has 2 aliphatic rings. The first-order valence-corrected chi connectivity index (χ1v) is 12.1. The number of aromatic hydroxyl groups is 1. The molecule has 2 fully saturated rings. The lowest BCUT2D eigenvalue weighted by Crippen LogP contribution is -2.20. The van der Waals surface area contributed by atoms with Crippen LogP contribution in [0.25, 0.3) is 11.3 Å². The number of amides is 1. The van der Waals surface area contributed by atoms with Crippen molar-refractivity contribution in [1.82, 2.24) is 9.97 Å². The Morgan fingerprint density at radius 1 is 0.903 bits per heavy atom. The molecule has 5 heteroatoms. The van der Waals surface area contributed by atoms with Crippen molar-refractivity contribution < 1.29 is 9.90 Å². The summed E-state index contributed by atoms with van der Waals surface area (Å²) in [5.41, 5.74) is 2.60. The molecule has 1 amide bonds. The van der Waals surface area contributed by atoms with E-state index in [1.807, 2.05) is 12.1 Å². The molecule has 1 aromatic heterocycles. The molecule has 2 aromatic rings. The van der Waals surface area contributed by atoms with E-state index >= 15 is 0 Å². The second-order valence-electron chi connectivity index (χ2n) is 9.42. The molecule has 2 aliphatic carbocycles. The maximum atomic E-state index is 12.8. The predicted octanol–water partition coefficient (Wildman–Crippen LogP) is 6.27. The van der Waals surface area contributed by atoms with Crippen LogP contribution in [-0.2, 0) is 11.2 Å². The fourth-order valence-corrected chi connectivity index (χ4v) is 5.12. The Kier molecular flexibility index (Phi) is 7.55. The first-order valence-electron chi connectivity index (χ1n) is 12.1. The second-order valence-corrected chi connectivity index (χ2v) is 9.42. The Morgan fingerprint density at radius 3 is 2.19 bits per heavy atom. The van der Waals surface area contributed by atoms with Gasteiger partial charge in [0.2, 0.25) is 5.91 Å². The summed E-state index contributed by atoms with van der Waals surface area (Å²) in [6, 6.07) is 7.04. The number of anilines is 1. The number of rotatable bonds is 6. The molecule has 0 atom stereocenters. The zero-order chi connectivity index (χ0) is 21.5. The number of hydrogen-bond acceptors (Lipinski definition) is 4. The van der Waals surface area contributed by atoms with Gasteiger partial charge in [0.05, 0.1) is 17.6 Å². The normalized spacial score (nSPS) is 18.5. The van der Waals surface area contributed by atoms with E-state index in [0.717, 1.165) is 36.2 Å². The molecule has 0 bridgehead atoms. The van der Waals surface area contributed by atoms with Crippen LogP contribution in [0.5, 0.6) is 5.75 Å². The lowest BCUT2D eigenvalue weighted by atomic mass is 9.86. The van der Waals surface area contributed by atoms with E-state index in [2.05, 4.69) is 10.3 Å². The summed E-state index contributed by atoms with van der Waals surface area (Å²) >= 11 is 0. The summed E-state index contributed by atoms with van der Waals surface area (Å²) in [5.74, 6) is 2.04.